The van der Waals surface area contributed by atoms with Gasteiger partial charge in [0, 0.05) is 34.2 Å². The maximum Gasteiger partial charge on any atom is 0.0576 e. The molecule has 0 aromatic rings. The first-order valence-corrected chi connectivity index (χ1v) is 10.3. The van der Waals surface area contributed by atoms with Crippen LogP contribution in [-0.4, -0.2) is 46.8 Å². The minimum atomic E-state index is 0.560. The first-order valence-electron chi connectivity index (χ1n) is 8.32. The minimum absolute atomic E-state index is 0.560. The topological polar surface area (TPSA) is 21.3 Å². The molecule has 0 aliphatic carbocycles. The van der Waals surface area contributed by atoms with Crippen molar-refractivity contribution in [2.75, 3.05) is 18.9 Å². The van der Waals surface area contributed by atoms with E-state index in [1.54, 1.807) is 0 Å². The maximum atomic E-state index is 5.74. The van der Waals surface area contributed by atoms with E-state index in [-0.39, 0.29) is 0 Å². The zero-order valence-electron chi connectivity index (χ0n) is 13.3. The lowest BCUT2D eigenvalue weighted by molar-refractivity contribution is 0.101. The van der Waals surface area contributed by atoms with Gasteiger partial charge in [-0.1, -0.05) is 20.8 Å². The molecule has 2 nitrogen and oxygen atoms in total. The molecule has 20 heavy (non-hydrogen) atoms. The van der Waals surface area contributed by atoms with Crippen molar-refractivity contribution in [2.24, 2.45) is 0 Å². The van der Waals surface area contributed by atoms with Gasteiger partial charge in [0.05, 0.1) is 6.10 Å². The Balaban J connectivity index is 1.74. The van der Waals surface area contributed by atoms with Gasteiger partial charge in [-0.15, -0.1) is 0 Å². The van der Waals surface area contributed by atoms with Crippen LogP contribution in [0.15, 0.2) is 0 Å². The highest BCUT2D eigenvalue weighted by molar-refractivity contribution is 8.07. The summed E-state index contributed by atoms with van der Waals surface area (Å²) in [5.74, 6) is 1.31. The number of thioether (sulfide) groups is 2. The molecule has 118 valence electrons. The Morgan fingerprint density at radius 1 is 1.30 bits per heavy atom. The van der Waals surface area contributed by atoms with Gasteiger partial charge in [-0.2, -0.15) is 23.5 Å². The van der Waals surface area contributed by atoms with Crippen LogP contribution in [0.25, 0.3) is 0 Å². The second-order valence-corrected chi connectivity index (χ2v) is 9.18. The van der Waals surface area contributed by atoms with Gasteiger partial charge in [-0.25, -0.2) is 0 Å². The molecule has 5 unspecified atom stereocenters. The van der Waals surface area contributed by atoms with E-state index in [0.717, 1.165) is 28.9 Å². The molecule has 2 rings (SSSR count). The lowest BCUT2D eigenvalue weighted by atomic mass is 10.0. The Morgan fingerprint density at radius 2 is 2.15 bits per heavy atom. The monoisotopic (exact) mass is 317 g/mol. The molecule has 2 aliphatic heterocycles. The van der Waals surface area contributed by atoms with Crippen molar-refractivity contribution < 1.29 is 4.74 Å². The highest BCUT2D eigenvalue weighted by Crippen LogP contribution is 2.38. The maximum absolute atomic E-state index is 5.74. The summed E-state index contributed by atoms with van der Waals surface area (Å²) in [6.45, 7) is 9.09. The predicted octanol–water partition coefficient (Wildman–Crippen LogP) is 3.94. The van der Waals surface area contributed by atoms with E-state index < -0.39 is 0 Å². The first-order chi connectivity index (χ1) is 9.70. The van der Waals surface area contributed by atoms with Crippen molar-refractivity contribution in [2.45, 2.75) is 80.8 Å². The lowest BCUT2D eigenvalue weighted by Crippen LogP contribution is -2.43. The first kappa shape index (κ1) is 17.0. The summed E-state index contributed by atoms with van der Waals surface area (Å²) < 4.78 is 5.74. The van der Waals surface area contributed by atoms with Crippen LogP contribution in [0.5, 0.6) is 0 Å². The molecule has 4 heteroatoms. The Kier molecular flexibility index (Phi) is 7.57. The van der Waals surface area contributed by atoms with Crippen LogP contribution in [0.2, 0.25) is 0 Å². The molecule has 2 aliphatic rings. The van der Waals surface area contributed by atoms with Crippen molar-refractivity contribution in [1.29, 1.82) is 0 Å². The second-order valence-electron chi connectivity index (χ2n) is 6.15. The van der Waals surface area contributed by atoms with Gasteiger partial charge < -0.3 is 10.1 Å². The van der Waals surface area contributed by atoms with Crippen LogP contribution in [0.3, 0.4) is 0 Å². The Hall–Kier alpha value is 0.620. The molecule has 0 aromatic carbocycles. The zero-order chi connectivity index (χ0) is 14.4. The average molecular weight is 318 g/mol. The van der Waals surface area contributed by atoms with Gasteiger partial charge in [0.1, 0.15) is 0 Å². The van der Waals surface area contributed by atoms with Gasteiger partial charge in [0.25, 0.3) is 0 Å². The van der Waals surface area contributed by atoms with Crippen molar-refractivity contribution in [3.8, 4) is 0 Å². The molecule has 2 saturated heterocycles. The zero-order valence-corrected chi connectivity index (χ0v) is 14.9. The summed E-state index contributed by atoms with van der Waals surface area (Å²) in [6.07, 6.45) is 7.00. The Morgan fingerprint density at radius 3 is 2.80 bits per heavy atom. The molecule has 0 amide bonds. The number of hydrogen-bond donors (Lipinski definition) is 1. The van der Waals surface area contributed by atoms with Crippen molar-refractivity contribution in [1.82, 2.24) is 5.32 Å². The number of nitrogens with one attached hydrogen (secondary N) is 1. The molecule has 0 saturated carbocycles. The number of rotatable bonds is 7. The highest BCUT2D eigenvalue weighted by atomic mass is 32.2. The van der Waals surface area contributed by atoms with Gasteiger partial charge in [-0.05, 0) is 38.6 Å². The summed E-state index contributed by atoms with van der Waals surface area (Å²) in [7, 11) is 0. The smallest absolute Gasteiger partial charge is 0.0576 e. The van der Waals surface area contributed by atoms with Crippen molar-refractivity contribution >= 4 is 23.5 Å². The molecule has 0 aromatic heterocycles. The summed E-state index contributed by atoms with van der Waals surface area (Å²) in [5.41, 5.74) is 0. The third kappa shape index (κ3) is 5.11. The van der Waals surface area contributed by atoms with Crippen LogP contribution in [-0.2, 0) is 4.74 Å². The van der Waals surface area contributed by atoms with Crippen LogP contribution in [0.4, 0.5) is 0 Å². The molecule has 0 bridgehead atoms. The fraction of sp³-hybridized carbons (Fsp3) is 1.00. The van der Waals surface area contributed by atoms with Gasteiger partial charge in [-0.3, -0.25) is 0 Å². The predicted molar refractivity (Wildman–Crippen MR) is 93.1 cm³/mol. The van der Waals surface area contributed by atoms with E-state index in [0.29, 0.717) is 12.1 Å². The number of ether oxygens (including phenoxy) is 1. The van der Waals surface area contributed by atoms with Crippen LogP contribution in [0.1, 0.15) is 52.9 Å². The molecule has 5 atom stereocenters. The van der Waals surface area contributed by atoms with Crippen LogP contribution in [0, 0.1) is 0 Å². The van der Waals surface area contributed by atoms with E-state index in [4.69, 9.17) is 4.74 Å². The summed E-state index contributed by atoms with van der Waals surface area (Å²) in [6, 6.07) is 0.689. The third-order valence-electron chi connectivity index (χ3n) is 4.55. The van der Waals surface area contributed by atoms with Crippen molar-refractivity contribution in [3.05, 3.63) is 0 Å². The van der Waals surface area contributed by atoms with Crippen molar-refractivity contribution in [3.63, 3.8) is 0 Å². The molecular weight excluding hydrogens is 286 g/mol. The Bertz CT molecular complexity index is 271. The fourth-order valence-electron chi connectivity index (χ4n) is 3.14. The SMILES string of the molecule is CCNC(CCCC1CCCO1)C1CSC(C)C(C)S1. The van der Waals surface area contributed by atoms with Gasteiger partial charge in [0.15, 0.2) is 0 Å². The summed E-state index contributed by atoms with van der Waals surface area (Å²) in [5, 5.41) is 6.13. The standard InChI is InChI=1S/C16H31NOS2/c1-4-17-15(9-5-7-14-8-6-10-18-14)16-11-19-12(2)13(3)20-16/h12-17H,4-11H2,1-3H3. The number of hydrogen-bond acceptors (Lipinski definition) is 4. The highest BCUT2D eigenvalue weighted by Gasteiger charge is 2.30. The largest absolute Gasteiger partial charge is 0.378 e. The normalized spacial score (nSPS) is 36.1. The van der Waals surface area contributed by atoms with Crippen LogP contribution >= 0.6 is 23.5 Å². The Labute approximate surface area is 133 Å². The van der Waals surface area contributed by atoms with E-state index >= 15 is 0 Å². The summed E-state index contributed by atoms with van der Waals surface area (Å²) in [4.78, 5) is 0. The summed E-state index contributed by atoms with van der Waals surface area (Å²) >= 11 is 4.37. The molecule has 0 spiro atoms. The quantitative estimate of drug-likeness (QED) is 0.767. The third-order valence-corrected chi connectivity index (χ3v) is 8.11. The fourth-order valence-corrected chi connectivity index (χ4v) is 6.31. The van der Waals surface area contributed by atoms with E-state index in [1.165, 1.54) is 37.9 Å². The molecule has 2 fully saturated rings. The van der Waals surface area contributed by atoms with E-state index in [2.05, 4.69) is 49.6 Å². The lowest BCUT2D eigenvalue weighted by Gasteiger charge is -2.36. The van der Waals surface area contributed by atoms with E-state index in [1.807, 2.05) is 0 Å². The van der Waals surface area contributed by atoms with Gasteiger partial charge in [0.2, 0.25) is 0 Å². The molecule has 0 radical (unpaired) electrons. The minimum Gasteiger partial charge on any atom is -0.378 e. The average Bonchev–Trinajstić information content (AvgIpc) is 2.94. The van der Waals surface area contributed by atoms with Gasteiger partial charge >= 0.3 is 0 Å². The molecule has 1 N–H and O–H groups in total. The second kappa shape index (κ2) is 8.92. The molecule has 2 heterocycles. The van der Waals surface area contributed by atoms with E-state index in [9.17, 15) is 0 Å². The molecular formula is C16H31NOS2. The van der Waals surface area contributed by atoms with Crippen LogP contribution < -0.4 is 5.32 Å².